The average molecular weight is 303 g/mol. The van der Waals surface area contributed by atoms with Gasteiger partial charge in [-0.3, -0.25) is 4.79 Å². The van der Waals surface area contributed by atoms with E-state index in [0.717, 1.165) is 11.0 Å². The number of β-amino-alcohol motifs (C(OH)–C–C–N with tert-alkyl or cyclic N) is 1. The van der Waals surface area contributed by atoms with E-state index in [9.17, 15) is 9.90 Å². The second-order valence-electron chi connectivity index (χ2n) is 6.25. The van der Waals surface area contributed by atoms with Gasteiger partial charge in [-0.05, 0) is 32.6 Å². The van der Waals surface area contributed by atoms with Crippen molar-refractivity contribution >= 4 is 16.9 Å². The lowest BCUT2D eigenvalue weighted by molar-refractivity contribution is -0.132. The Morgan fingerprint density at radius 3 is 2.55 bits per heavy atom. The van der Waals surface area contributed by atoms with Crippen LogP contribution in [-0.4, -0.2) is 75.1 Å². The van der Waals surface area contributed by atoms with Gasteiger partial charge in [0, 0.05) is 13.1 Å². The first-order valence-electron chi connectivity index (χ1n) is 7.40. The summed E-state index contributed by atoms with van der Waals surface area (Å²) in [4.78, 5) is 17.4. The fourth-order valence-electron chi connectivity index (χ4n) is 2.98. The van der Waals surface area contributed by atoms with Crippen LogP contribution in [0.1, 0.15) is 6.42 Å². The molecule has 1 aromatic carbocycles. The van der Waals surface area contributed by atoms with Gasteiger partial charge in [-0.15, -0.1) is 0 Å². The standard InChI is InChI=1S/C15H21N5O2/c1-18(2)10-15(22)7-8-19(11-15)14(21)9-20-16-12-5-3-4-6-13(12)17-20/h3-6,22H,7-11H2,1-2H3. The molecule has 1 N–H and O–H groups in total. The quantitative estimate of drug-likeness (QED) is 0.857. The van der Waals surface area contributed by atoms with Crippen LogP contribution < -0.4 is 0 Å². The van der Waals surface area contributed by atoms with Crippen LogP contribution in [0.4, 0.5) is 0 Å². The molecule has 2 aromatic rings. The van der Waals surface area contributed by atoms with E-state index in [1.54, 1.807) is 4.90 Å². The van der Waals surface area contributed by atoms with Gasteiger partial charge >= 0.3 is 0 Å². The van der Waals surface area contributed by atoms with E-state index < -0.39 is 5.60 Å². The third-order valence-electron chi connectivity index (χ3n) is 3.90. The molecule has 1 unspecified atom stereocenters. The Bertz CT molecular complexity index is 650. The normalized spacial score (nSPS) is 21.9. The maximum absolute atomic E-state index is 12.4. The number of likely N-dealkylation sites (N-methyl/N-ethyl adjacent to an activating group) is 1. The van der Waals surface area contributed by atoms with E-state index in [1.165, 1.54) is 4.80 Å². The molecule has 1 amide bonds. The fourth-order valence-corrected chi connectivity index (χ4v) is 2.98. The molecule has 1 aliphatic heterocycles. The summed E-state index contributed by atoms with van der Waals surface area (Å²) in [5.74, 6) is -0.0602. The summed E-state index contributed by atoms with van der Waals surface area (Å²) in [6.07, 6.45) is 0.603. The number of aliphatic hydroxyl groups is 1. The Labute approximate surface area is 129 Å². The van der Waals surface area contributed by atoms with Gasteiger partial charge in [0.05, 0.1) is 12.1 Å². The zero-order valence-corrected chi connectivity index (χ0v) is 12.9. The van der Waals surface area contributed by atoms with E-state index in [-0.39, 0.29) is 12.5 Å². The SMILES string of the molecule is CN(C)CC1(O)CCN(C(=O)Cn2nc3ccccc3n2)C1. The van der Waals surface area contributed by atoms with Crippen molar-refractivity contribution in [1.29, 1.82) is 0 Å². The fraction of sp³-hybridized carbons (Fsp3) is 0.533. The van der Waals surface area contributed by atoms with E-state index in [4.69, 9.17) is 0 Å². The van der Waals surface area contributed by atoms with Crippen molar-refractivity contribution in [3.05, 3.63) is 24.3 Å². The lowest BCUT2D eigenvalue weighted by Crippen LogP contribution is -2.44. The zero-order valence-electron chi connectivity index (χ0n) is 12.9. The third-order valence-corrected chi connectivity index (χ3v) is 3.90. The number of hydrogen-bond donors (Lipinski definition) is 1. The number of aromatic nitrogens is 3. The van der Waals surface area contributed by atoms with Crippen molar-refractivity contribution in [2.45, 2.75) is 18.6 Å². The van der Waals surface area contributed by atoms with Crippen molar-refractivity contribution < 1.29 is 9.90 Å². The highest BCUT2D eigenvalue weighted by molar-refractivity contribution is 5.77. The molecule has 118 valence electrons. The van der Waals surface area contributed by atoms with E-state index >= 15 is 0 Å². The van der Waals surface area contributed by atoms with E-state index in [0.29, 0.717) is 26.1 Å². The number of fused-ring (bicyclic) bond motifs is 1. The molecule has 1 atom stereocenters. The van der Waals surface area contributed by atoms with Crippen molar-refractivity contribution in [3.63, 3.8) is 0 Å². The van der Waals surface area contributed by atoms with Crippen molar-refractivity contribution in [2.24, 2.45) is 0 Å². The molecule has 1 saturated heterocycles. The van der Waals surface area contributed by atoms with Gasteiger partial charge in [0.1, 0.15) is 17.6 Å². The monoisotopic (exact) mass is 303 g/mol. The largest absolute Gasteiger partial charge is 0.387 e. The molecular formula is C15H21N5O2. The van der Waals surface area contributed by atoms with Gasteiger partial charge in [0.2, 0.25) is 5.91 Å². The average Bonchev–Trinajstić information content (AvgIpc) is 3.01. The molecule has 2 heterocycles. The van der Waals surface area contributed by atoms with Crippen LogP contribution in [0.15, 0.2) is 24.3 Å². The molecular weight excluding hydrogens is 282 g/mol. The molecule has 0 bridgehead atoms. The number of rotatable bonds is 4. The maximum Gasteiger partial charge on any atom is 0.246 e. The van der Waals surface area contributed by atoms with Gasteiger partial charge < -0.3 is 14.9 Å². The highest BCUT2D eigenvalue weighted by Gasteiger charge is 2.38. The summed E-state index contributed by atoms with van der Waals surface area (Å²) < 4.78 is 0. The molecule has 0 spiro atoms. The van der Waals surface area contributed by atoms with Crippen LogP contribution in [0.25, 0.3) is 11.0 Å². The van der Waals surface area contributed by atoms with E-state index in [2.05, 4.69) is 10.2 Å². The predicted octanol–water partition coefficient (Wildman–Crippen LogP) is -0.0437. The van der Waals surface area contributed by atoms with Gasteiger partial charge in [-0.25, -0.2) is 0 Å². The van der Waals surface area contributed by atoms with Crippen LogP contribution in [0, 0.1) is 0 Å². The minimum absolute atomic E-state index is 0.0602. The molecule has 22 heavy (non-hydrogen) atoms. The number of nitrogens with zero attached hydrogens (tertiary/aromatic N) is 5. The highest BCUT2D eigenvalue weighted by Crippen LogP contribution is 2.22. The summed E-state index contributed by atoms with van der Waals surface area (Å²) in [6.45, 7) is 1.60. The predicted molar refractivity (Wildman–Crippen MR) is 82.2 cm³/mol. The van der Waals surface area contributed by atoms with Crippen LogP contribution >= 0.6 is 0 Å². The number of carbonyl (C=O) groups excluding carboxylic acids is 1. The molecule has 0 aliphatic carbocycles. The van der Waals surface area contributed by atoms with Crippen LogP contribution in [0.2, 0.25) is 0 Å². The molecule has 0 saturated carbocycles. The summed E-state index contributed by atoms with van der Waals surface area (Å²) in [5, 5.41) is 19.1. The summed E-state index contributed by atoms with van der Waals surface area (Å²) in [6, 6.07) is 7.53. The second kappa shape index (κ2) is 5.66. The molecule has 1 aliphatic rings. The van der Waals surface area contributed by atoms with Gasteiger partial charge in [-0.2, -0.15) is 15.0 Å². The summed E-state index contributed by atoms with van der Waals surface area (Å²) >= 11 is 0. The van der Waals surface area contributed by atoms with Gasteiger partial charge in [-0.1, -0.05) is 12.1 Å². The van der Waals surface area contributed by atoms with E-state index in [1.807, 2.05) is 43.3 Å². The first kappa shape index (κ1) is 14.9. The molecule has 1 fully saturated rings. The summed E-state index contributed by atoms with van der Waals surface area (Å²) in [5.41, 5.74) is 0.739. The van der Waals surface area contributed by atoms with Crippen molar-refractivity contribution in [2.75, 3.05) is 33.7 Å². The minimum atomic E-state index is -0.818. The number of amides is 1. The van der Waals surface area contributed by atoms with Crippen molar-refractivity contribution in [3.8, 4) is 0 Å². The zero-order chi connectivity index (χ0) is 15.7. The summed E-state index contributed by atoms with van der Waals surface area (Å²) in [7, 11) is 3.84. The minimum Gasteiger partial charge on any atom is -0.387 e. The Kier molecular flexibility index (Phi) is 3.84. The van der Waals surface area contributed by atoms with Crippen molar-refractivity contribution in [1.82, 2.24) is 24.8 Å². The number of carbonyl (C=O) groups is 1. The number of likely N-dealkylation sites (tertiary alicyclic amines) is 1. The van der Waals surface area contributed by atoms with Gasteiger partial charge in [0.25, 0.3) is 0 Å². The molecule has 0 radical (unpaired) electrons. The Hall–Kier alpha value is -1.99. The van der Waals surface area contributed by atoms with Crippen LogP contribution in [0.5, 0.6) is 0 Å². The Balaban J connectivity index is 1.65. The maximum atomic E-state index is 12.4. The second-order valence-corrected chi connectivity index (χ2v) is 6.25. The Morgan fingerprint density at radius 2 is 1.95 bits per heavy atom. The molecule has 3 rings (SSSR count). The molecule has 7 nitrogen and oxygen atoms in total. The van der Waals surface area contributed by atoms with Crippen LogP contribution in [0.3, 0.4) is 0 Å². The third kappa shape index (κ3) is 3.10. The van der Waals surface area contributed by atoms with Gasteiger partial charge in [0.15, 0.2) is 0 Å². The molecule has 7 heteroatoms. The first-order chi connectivity index (χ1) is 10.5. The number of hydrogen-bond acceptors (Lipinski definition) is 5. The Morgan fingerprint density at radius 1 is 1.32 bits per heavy atom. The smallest absolute Gasteiger partial charge is 0.246 e. The first-order valence-corrected chi connectivity index (χ1v) is 7.40. The topological polar surface area (TPSA) is 74.5 Å². The lowest BCUT2D eigenvalue weighted by atomic mass is 10.0. The number of benzene rings is 1. The highest BCUT2D eigenvalue weighted by atomic mass is 16.3. The lowest BCUT2D eigenvalue weighted by Gasteiger charge is -2.26. The molecule has 1 aromatic heterocycles. The van der Waals surface area contributed by atoms with Crippen LogP contribution in [-0.2, 0) is 11.3 Å².